The van der Waals surface area contributed by atoms with Crippen LogP contribution in [-0.4, -0.2) is 78.1 Å². The summed E-state index contributed by atoms with van der Waals surface area (Å²) in [6.07, 6.45) is 8.05. The smallest absolute Gasteiger partial charge is 0.261 e. The molecule has 2 aromatic heterocycles. The molecule has 0 atom stereocenters. The lowest BCUT2D eigenvalue weighted by Gasteiger charge is -2.27. The molecule has 9 rings (SSSR count). The highest BCUT2D eigenvalue weighted by Crippen LogP contribution is 2.37. The average molecular weight is 766 g/mol. The van der Waals surface area contributed by atoms with Crippen molar-refractivity contribution in [2.45, 2.75) is 64.7 Å². The van der Waals surface area contributed by atoms with Gasteiger partial charge in [0.1, 0.15) is 5.82 Å². The molecular weight excluding hydrogens is 717 g/mol. The summed E-state index contributed by atoms with van der Waals surface area (Å²) in [7, 11) is 0. The summed E-state index contributed by atoms with van der Waals surface area (Å²) >= 11 is 0. The van der Waals surface area contributed by atoms with Crippen molar-refractivity contribution in [1.82, 2.24) is 24.3 Å². The van der Waals surface area contributed by atoms with Crippen molar-refractivity contribution in [1.29, 1.82) is 0 Å². The van der Waals surface area contributed by atoms with Gasteiger partial charge in [-0.3, -0.25) is 14.4 Å². The van der Waals surface area contributed by atoms with Crippen molar-refractivity contribution >= 4 is 28.1 Å². The summed E-state index contributed by atoms with van der Waals surface area (Å²) in [6, 6.07) is 17.7. The predicted octanol–water partition coefficient (Wildman–Crippen LogP) is 5.67. The Balaban J connectivity index is 0.000000164. The molecule has 1 N–H and O–H groups in total. The maximum absolute atomic E-state index is 13.9. The molecule has 13 heteroatoms. The molecule has 4 aliphatic rings. The van der Waals surface area contributed by atoms with Crippen molar-refractivity contribution in [3.63, 3.8) is 0 Å². The van der Waals surface area contributed by atoms with E-state index in [1.54, 1.807) is 22.8 Å². The summed E-state index contributed by atoms with van der Waals surface area (Å²) in [4.78, 5) is 42.1. The van der Waals surface area contributed by atoms with E-state index in [0.29, 0.717) is 66.6 Å². The number of rotatable bonds is 11. The number of nitrogens with zero attached hydrogens (tertiary/aromatic N) is 4. The van der Waals surface area contributed by atoms with E-state index in [2.05, 4.69) is 15.1 Å². The van der Waals surface area contributed by atoms with Crippen LogP contribution in [0.5, 0.6) is 23.0 Å². The highest BCUT2D eigenvalue weighted by atomic mass is 19.1. The first-order chi connectivity index (χ1) is 27.4. The van der Waals surface area contributed by atoms with Gasteiger partial charge in [0, 0.05) is 73.3 Å². The Hall–Kier alpha value is -5.24. The maximum atomic E-state index is 13.9. The van der Waals surface area contributed by atoms with Crippen molar-refractivity contribution < 1.29 is 28.1 Å². The number of aromatic nitrogens is 2. The molecule has 3 aromatic carbocycles. The SMILES string of the molecule is O=Cc1cc2cc3c(cc2n(CCN2CCCCC2)c1=O)OCO3.O=c1c(CNCc2ccccc2F)cc2cc3c(cc2n1CCN1CCCCC1)OCO3. The molecule has 6 heterocycles. The van der Waals surface area contributed by atoms with E-state index in [4.69, 9.17) is 18.9 Å². The summed E-state index contributed by atoms with van der Waals surface area (Å²) < 4.78 is 39.4. The first kappa shape index (κ1) is 37.7. The molecule has 56 heavy (non-hydrogen) atoms. The number of carbonyl (C=O) groups is 1. The molecule has 0 saturated carbocycles. The molecule has 0 spiro atoms. The van der Waals surface area contributed by atoms with Crippen molar-refractivity contribution in [3.8, 4) is 23.0 Å². The molecule has 0 aliphatic carbocycles. The number of benzene rings is 3. The Bertz CT molecular complexity index is 2330. The number of pyridine rings is 2. The molecule has 0 amide bonds. The topological polar surface area (TPSA) is 117 Å². The minimum atomic E-state index is -0.245. The predicted molar refractivity (Wildman–Crippen MR) is 212 cm³/mol. The van der Waals surface area contributed by atoms with Crippen LogP contribution in [0.3, 0.4) is 0 Å². The Labute approximate surface area is 324 Å². The summed E-state index contributed by atoms with van der Waals surface area (Å²) in [6.45, 7) is 8.27. The third-order valence-electron chi connectivity index (χ3n) is 11.2. The van der Waals surface area contributed by atoms with Gasteiger partial charge >= 0.3 is 0 Å². The maximum Gasteiger partial charge on any atom is 0.261 e. The molecule has 12 nitrogen and oxygen atoms in total. The lowest BCUT2D eigenvalue weighted by molar-refractivity contribution is 0.112. The zero-order valence-electron chi connectivity index (χ0n) is 31.6. The first-order valence-corrected chi connectivity index (χ1v) is 19.7. The third kappa shape index (κ3) is 8.30. The number of ether oxygens (including phenoxy) is 4. The van der Waals surface area contributed by atoms with Gasteiger partial charge < -0.3 is 43.2 Å². The largest absolute Gasteiger partial charge is 0.454 e. The minimum absolute atomic E-state index is 0.0191. The molecular formula is C43H48FN5O7. The van der Waals surface area contributed by atoms with Crippen molar-refractivity contribution in [2.75, 3.05) is 52.9 Å². The molecule has 0 radical (unpaired) electrons. The van der Waals surface area contributed by atoms with Crippen LogP contribution in [-0.2, 0) is 26.2 Å². The quantitative estimate of drug-likeness (QED) is 0.169. The lowest BCUT2D eigenvalue weighted by Crippen LogP contribution is -2.36. The highest BCUT2D eigenvalue weighted by Gasteiger charge is 2.21. The number of likely N-dealkylation sites (tertiary alicyclic amines) is 2. The van der Waals surface area contributed by atoms with Crippen LogP contribution in [0.2, 0.25) is 0 Å². The Morgan fingerprint density at radius 1 is 0.589 bits per heavy atom. The first-order valence-electron chi connectivity index (χ1n) is 19.7. The van der Waals surface area contributed by atoms with E-state index < -0.39 is 0 Å². The number of halogens is 1. The van der Waals surface area contributed by atoms with Gasteiger partial charge in [0.2, 0.25) is 13.6 Å². The van der Waals surface area contributed by atoms with E-state index in [1.165, 1.54) is 44.6 Å². The Kier molecular flexibility index (Phi) is 11.6. The van der Waals surface area contributed by atoms with Gasteiger partial charge in [-0.25, -0.2) is 4.39 Å². The van der Waals surface area contributed by atoms with E-state index in [1.807, 2.05) is 41.0 Å². The number of hydrogen-bond acceptors (Lipinski definition) is 10. The lowest BCUT2D eigenvalue weighted by atomic mass is 10.1. The molecule has 4 aliphatic heterocycles. The van der Waals surface area contributed by atoms with Crippen LogP contribution >= 0.6 is 0 Å². The van der Waals surface area contributed by atoms with Crippen molar-refractivity contribution in [2.24, 2.45) is 0 Å². The summed E-state index contributed by atoms with van der Waals surface area (Å²) in [5.41, 5.74) is 2.80. The molecule has 5 aromatic rings. The number of nitrogens with one attached hydrogen (secondary N) is 1. The average Bonchev–Trinajstić information content (AvgIpc) is 3.89. The normalized spacial score (nSPS) is 16.6. The number of carbonyl (C=O) groups excluding carboxylic acids is 1. The molecule has 2 fully saturated rings. The minimum Gasteiger partial charge on any atom is -0.454 e. The van der Waals surface area contributed by atoms with Crippen LogP contribution in [0.4, 0.5) is 4.39 Å². The van der Waals surface area contributed by atoms with Crippen LogP contribution in [0.25, 0.3) is 21.8 Å². The van der Waals surface area contributed by atoms with E-state index in [0.717, 1.165) is 61.1 Å². The van der Waals surface area contributed by atoms with E-state index in [9.17, 15) is 18.8 Å². The Morgan fingerprint density at radius 3 is 1.64 bits per heavy atom. The number of fused-ring (bicyclic) bond motifs is 4. The fourth-order valence-corrected chi connectivity index (χ4v) is 8.10. The fraction of sp³-hybridized carbons (Fsp3) is 0.419. The molecule has 294 valence electrons. The standard InChI is InChI=1S/C25H28FN3O3.C18H20N2O4/c26-21-7-3-2-6-18(21)15-27-16-20-12-19-13-23-24(32-17-31-23)14-22(19)29(25(20)30)11-10-28-8-4-1-5-9-28;21-11-14-8-13-9-16-17(24-12-23-16)10-15(13)20(18(14)22)7-6-19-4-2-1-3-5-19/h2-3,6-7,12-14,27H,1,4-5,8-11,15-17H2;8-11H,1-7,12H2. The zero-order chi connectivity index (χ0) is 38.4. The fourth-order valence-electron chi connectivity index (χ4n) is 8.10. The van der Waals surface area contributed by atoms with Crippen LogP contribution in [0, 0.1) is 5.82 Å². The van der Waals surface area contributed by atoms with Gasteiger partial charge in [-0.15, -0.1) is 0 Å². The van der Waals surface area contributed by atoms with Crippen LogP contribution in [0.1, 0.15) is 60.0 Å². The monoisotopic (exact) mass is 765 g/mol. The zero-order valence-corrected chi connectivity index (χ0v) is 31.6. The third-order valence-corrected chi connectivity index (χ3v) is 11.2. The Morgan fingerprint density at radius 2 is 1.09 bits per heavy atom. The van der Waals surface area contributed by atoms with Gasteiger partial charge in [0.15, 0.2) is 29.3 Å². The second kappa shape index (κ2) is 17.3. The summed E-state index contributed by atoms with van der Waals surface area (Å²) in [5.74, 6) is 2.43. The number of piperidine rings is 2. The van der Waals surface area contributed by atoms with E-state index >= 15 is 0 Å². The molecule has 2 saturated heterocycles. The van der Waals surface area contributed by atoms with Gasteiger partial charge in [-0.05, 0) is 82.2 Å². The highest BCUT2D eigenvalue weighted by molar-refractivity contribution is 5.89. The van der Waals surface area contributed by atoms with Gasteiger partial charge in [-0.1, -0.05) is 31.0 Å². The second-order valence-electron chi connectivity index (χ2n) is 14.8. The van der Waals surface area contributed by atoms with Gasteiger partial charge in [-0.2, -0.15) is 0 Å². The van der Waals surface area contributed by atoms with Gasteiger partial charge in [0.05, 0.1) is 16.6 Å². The van der Waals surface area contributed by atoms with Crippen LogP contribution in [0.15, 0.2) is 70.3 Å². The number of aldehydes is 1. The number of hydrogen-bond donors (Lipinski definition) is 1. The van der Waals surface area contributed by atoms with Gasteiger partial charge in [0.25, 0.3) is 11.1 Å². The van der Waals surface area contributed by atoms with E-state index in [-0.39, 0.29) is 36.1 Å². The van der Waals surface area contributed by atoms with Crippen molar-refractivity contribution in [3.05, 3.63) is 104 Å². The molecule has 0 unspecified atom stereocenters. The molecule has 0 bridgehead atoms. The summed E-state index contributed by atoms with van der Waals surface area (Å²) in [5, 5.41) is 4.99. The second-order valence-corrected chi connectivity index (χ2v) is 14.8. The van der Waals surface area contributed by atoms with Crippen LogP contribution < -0.4 is 35.4 Å².